The predicted molar refractivity (Wildman–Crippen MR) is 83.5 cm³/mol. The lowest BCUT2D eigenvalue weighted by Gasteiger charge is -2.37. The van der Waals surface area contributed by atoms with Crippen LogP contribution in [0.15, 0.2) is 0 Å². The third kappa shape index (κ3) is 5.07. The Labute approximate surface area is 120 Å². The molecule has 0 radical (unpaired) electrons. The van der Waals surface area contributed by atoms with Crippen LogP contribution in [0.1, 0.15) is 71.6 Å². The van der Waals surface area contributed by atoms with Crippen molar-refractivity contribution in [2.24, 2.45) is 5.92 Å². The highest BCUT2D eigenvalue weighted by Crippen LogP contribution is 2.32. The van der Waals surface area contributed by atoms with Crippen LogP contribution in [0.25, 0.3) is 0 Å². The molecule has 2 saturated carbocycles. The lowest BCUT2D eigenvalue weighted by molar-refractivity contribution is 0.141. The Morgan fingerprint density at radius 3 is 2.42 bits per heavy atom. The molecule has 0 spiro atoms. The number of nitrogens with zero attached hydrogens (tertiary/aromatic N) is 1. The number of nitrogens with one attached hydrogen (secondary N) is 1. The summed E-state index contributed by atoms with van der Waals surface area (Å²) in [5.41, 5.74) is 0. The SMILES string of the molecule is CCCNC1CCCCCC1N(CCC)CC1CC1. The molecule has 0 aromatic heterocycles. The summed E-state index contributed by atoms with van der Waals surface area (Å²) < 4.78 is 0. The van der Waals surface area contributed by atoms with Crippen LogP contribution in [-0.2, 0) is 0 Å². The van der Waals surface area contributed by atoms with Gasteiger partial charge in [0.15, 0.2) is 0 Å². The van der Waals surface area contributed by atoms with Crippen LogP contribution in [0.4, 0.5) is 0 Å². The zero-order chi connectivity index (χ0) is 13.5. The molecule has 112 valence electrons. The highest BCUT2D eigenvalue weighted by atomic mass is 15.2. The molecule has 0 heterocycles. The summed E-state index contributed by atoms with van der Waals surface area (Å²) in [5.74, 6) is 1.03. The predicted octanol–water partition coefficient (Wildman–Crippen LogP) is 3.81. The minimum atomic E-state index is 0.757. The van der Waals surface area contributed by atoms with Crippen LogP contribution in [-0.4, -0.2) is 36.6 Å². The van der Waals surface area contributed by atoms with Crippen LogP contribution in [0.2, 0.25) is 0 Å². The van der Waals surface area contributed by atoms with E-state index in [9.17, 15) is 0 Å². The normalized spacial score (nSPS) is 28.6. The van der Waals surface area contributed by atoms with E-state index in [1.807, 2.05) is 0 Å². The lowest BCUT2D eigenvalue weighted by atomic mass is 10.00. The van der Waals surface area contributed by atoms with E-state index in [1.165, 1.54) is 77.4 Å². The Morgan fingerprint density at radius 2 is 1.74 bits per heavy atom. The monoisotopic (exact) mass is 266 g/mol. The standard InChI is InChI=1S/C17H34N2/c1-3-12-18-16-8-6-5-7-9-17(16)19(13-4-2)14-15-10-11-15/h15-18H,3-14H2,1-2H3. The third-order valence-corrected chi connectivity index (χ3v) is 4.81. The summed E-state index contributed by atoms with van der Waals surface area (Å²) in [4.78, 5) is 2.84. The van der Waals surface area contributed by atoms with Gasteiger partial charge in [0.05, 0.1) is 0 Å². The summed E-state index contributed by atoms with van der Waals surface area (Å²) in [5, 5.41) is 3.85. The maximum Gasteiger partial charge on any atom is 0.0249 e. The Balaban J connectivity index is 1.95. The Morgan fingerprint density at radius 1 is 0.947 bits per heavy atom. The quantitative estimate of drug-likeness (QED) is 0.672. The molecule has 0 aromatic carbocycles. The summed E-state index contributed by atoms with van der Waals surface area (Å²) in [6.45, 7) is 8.51. The first-order chi connectivity index (χ1) is 9.35. The van der Waals surface area contributed by atoms with Crippen molar-refractivity contribution in [3.63, 3.8) is 0 Å². The van der Waals surface area contributed by atoms with E-state index in [0.29, 0.717) is 0 Å². The average molecular weight is 266 g/mol. The second-order valence-electron chi connectivity index (χ2n) is 6.70. The summed E-state index contributed by atoms with van der Waals surface area (Å²) in [6, 6.07) is 1.57. The second kappa shape index (κ2) is 8.26. The van der Waals surface area contributed by atoms with E-state index in [2.05, 4.69) is 24.1 Å². The first-order valence-corrected chi connectivity index (χ1v) is 8.82. The Kier molecular flexibility index (Phi) is 6.66. The van der Waals surface area contributed by atoms with Gasteiger partial charge in [-0.05, 0) is 57.5 Å². The highest BCUT2D eigenvalue weighted by molar-refractivity contribution is 4.89. The zero-order valence-corrected chi connectivity index (χ0v) is 13.2. The maximum atomic E-state index is 3.85. The smallest absolute Gasteiger partial charge is 0.0249 e. The van der Waals surface area contributed by atoms with Gasteiger partial charge in [-0.15, -0.1) is 0 Å². The molecular weight excluding hydrogens is 232 g/mol. The highest BCUT2D eigenvalue weighted by Gasteiger charge is 2.32. The molecule has 0 bridgehead atoms. The van der Waals surface area contributed by atoms with Gasteiger partial charge in [0.25, 0.3) is 0 Å². The summed E-state index contributed by atoms with van der Waals surface area (Å²) in [6.07, 6.45) is 12.7. The minimum absolute atomic E-state index is 0.757. The number of hydrogen-bond acceptors (Lipinski definition) is 2. The van der Waals surface area contributed by atoms with Crippen molar-refractivity contribution in [3.8, 4) is 0 Å². The average Bonchev–Trinajstić information content (AvgIpc) is 3.22. The molecule has 0 aliphatic heterocycles. The zero-order valence-electron chi connectivity index (χ0n) is 13.2. The van der Waals surface area contributed by atoms with Gasteiger partial charge in [-0.3, -0.25) is 4.90 Å². The summed E-state index contributed by atoms with van der Waals surface area (Å²) in [7, 11) is 0. The van der Waals surface area contributed by atoms with Gasteiger partial charge in [0, 0.05) is 18.6 Å². The molecule has 2 fully saturated rings. The molecule has 2 aliphatic carbocycles. The van der Waals surface area contributed by atoms with Crippen LogP contribution < -0.4 is 5.32 Å². The third-order valence-electron chi connectivity index (χ3n) is 4.81. The van der Waals surface area contributed by atoms with Crippen molar-refractivity contribution in [2.75, 3.05) is 19.6 Å². The maximum absolute atomic E-state index is 3.85. The van der Waals surface area contributed by atoms with Gasteiger partial charge in [-0.25, -0.2) is 0 Å². The van der Waals surface area contributed by atoms with Gasteiger partial charge in [0.2, 0.25) is 0 Å². The molecule has 19 heavy (non-hydrogen) atoms. The van der Waals surface area contributed by atoms with E-state index in [4.69, 9.17) is 0 Å². The fraction of sp³-hybridized carbons (Fsp3) is 1.00. The Hall–Kier alpha value is -0.0800. The first-order valence-electron chi connectivity index (χ1n) is 8.82. The van der Waals surface area contributed by atoms with Gasteiger partial charge < -0.3 is 5.32 Å². The van der Waals surface area contributed by atoms with E-state index in [-0.39, 0.29) is 0 Å². The minimum Gasteiger partial charge on any atom is -0.312 e. The van der Waals surface area contributed by atoms with Crippen molar-refractivity contribution in [3.05, 3.63) is 0 Å². The molecule has 0 aromatic rings. The van der Waals surface area contributed by atoms with Gasteiger partial charge in [-0.1, -0.05) is 33.1 Å². The molecule has 2 rings (SSSR count). The molecule has 1 N–H and O–H groups in total. The molecule has 2 unspecified atom stereocenters. The molecule has 0 saturated heterocycles. The lowest BCUT2D eigenvalue weighted by Crippen LogP contribution is -2.50. The van der Waals surface area contributed by atoms with Crippen LogP contribution in [0.5, 0.6) is 0 Å². The second-order valence-corrected chi connectivity index (χ2v) is 6.70. The van der Waals surface area contributed by atoms with Gasteiger partial charge in [0.1, 0.15) is 0 Å². The summed E-state index contributed by atoms with van der Waals surface area (Å²) >= 11 is 0. The van der Waals surface area contributed by atoms with Crippen molar-refractivity contribution in [1.82, 2.24) is 10.2 Å². The fourth-order valence-corrected chi connectivity index (χ4v) is 3.60. The van der Waals surface area contributed by atoms with Crippen LogP contribution in [0.3, 0.4) is 0 Å². The molecule has 2 aliphatic rings. The molecule has 2 atom stereocenters. The Bertz CT molecular complexity index is 237. The van der Waals surface area contributed by atoms with E-state index in [0.717, 1.165) is 18.0 Å². The fourth-order valence-electron chi connectivity index (χ4n) is 3.60. The van der Waals surface area contributed by atoms with Crippen molar-refractivity contribution < 1.29 is 0 Å². The van der Waals surface area contributed by atoms with Crippen molar-refractivity contribution in [1.29, 1.82) is 0 Å². The number of hydrogen-bond donors (Lipinski definition) is 1. The molecule has 2 nitrogen and oxygen atoms in total. The molecule has 0 amide bonds. The van der Waals surface area contributed by atoms with Gasteiger partial charge >= 0.3 is 0 Å². The van der Waals surface area contributed by atoms with Crippen molar-refractivity contribution >= 4 is 0 Å². The molecule has 2 heteroatoms. The van der Waals surface area contributed by atoms with Crippen LogP contribution in [0, 0.1) is 5.92 Å². The first kappa shape index (κ1) is 15.3. The number of rotatable bonds is 8. The largest absolute Gasteiger partial charge is 0.312 e. The van der Waals surface area contributed by atoms with Gasteiger partial charge in [-0.2, -0.15) is 0 Å². The molecular formula is C17H34N2. The van der Waals surface area contributed by atoms with E-state index < -0.39 is 0 Å². The van der Waals surface area contributed by atoms with E-state index >= 15 is 0 Å². The topological polar surface area (TPSA) is 15.3 Å². The van der Waals surface area contributed by atoms with Crippen molar-refractivity contribution in [2.45, 2.75) is 83.7 Å². The van der Waals surface area contributed by atoms with Crippen LogP contribution >= 0.6 is 0 Å². The van der Waals surface area contributed by atoms with E-state index in [1.54, 1.807) is 0 Å².